The van der Waals surface area contributed by atoms with E-state index in [9.17, 15) is 10.1 Å². The van der Waals surface area contributed by atoms with Crippen LogP contribution >= 0.6 is 0 Å². The fourth-order valence-corrected chi connectivity index (χ4v) is 2.09. The van der Waals surface area contributed by atoms with E-state index in [-0.39, 0.29) is 16.9 Å². The van der Waals surface area contributed by atoms with E-state index in [1.54, 1.807) is 0 Å². The van der Waals surface area contributed by atoms with Crippen molar-refractivity contribution in [1.29, 1.82) is 0 Å². The number of para-hydroxylation sites is 1. The average molecular weight is 286 g/mol. The van der Waals surface area contributed by atoms with Gasteiger partial charge in [-0.25, -0.2) is 4.98 Å². The molecule has 1 aromatic carbocycles. The molecule has 0 atom stereocenters. The number of nitrogens with two attached hydrogens (primary N) is 1. The van der Waals surface area contributed by atoms with Crippen molar-refractivity contribution in [3.05, 3.63) is 52.1 Å². The molecule has 0 fully saturated rings. The van der Waals surface area contributed by atoms with Crippen molar-refractivity contribution in [3.63, 3.8) is 0 Å². The zero-order valence-corrected chi connectivity index (χ0v) is 12.3. The molecule has 2 aromatic rings. The van der Waals surface area contributed by atoms with Gasteiger partial charge in [0.15, 0.2) is 0 Å². The molecular weight excluding hydrogens is 268 g/mol. The topological polar surface area (TPSA) is 94.1 Å². The van der Waals surface area contributed by atoms with Crippen LogP contribution in [0.25, 0.3) is 0 Å². The second kappa shape index (κ2) is 5.40. The van der Waals surface area contributed by atoms with Crippen LogP contribution in [0.4, 0.5) is 23.0 Å². The summed E-state index contributed by atoms with van der Waals surface area (Å²) in [5.41, 5.74) is 7.43. The average Bonchev–Trinajstić information content (AvgIpc) is 2.37. The van der Waals surface area contributed by atoms with Gasteiger partial charge in [-0.3, -0.25) is 10.1 Å². The first-order chi connectivity index (χ1) is 9.77. The standard InChI is InChI=1S/C15H18N4O2/c1-15(2,3)11-6-4-5-7-12(11)17-14-9-10(19(20)21)8-13(16)18-14/h4-9H,1-3H3,(H3,16,17,18). The Morgan fingerprint density at radius 1 is 1.24 bits per heavy atom. The molecule has 0 radical (unpaired) electrons. The molecule has 0 aliphatic carbocycles. The second-order valence-electron chi connectivity index (χ2n) is 5.81. The van der Waals surface area contributed by atoms with E-state index in [4.69, 9.17) is 5.73 Å². The third-order valence-electron chi connectivity index (χ3n) is 3.04. The summed E-state index contributed by atoms with van der Waals surface area (Å²) in [6.07, 6.45) is 0. The summed E-state index contributed by atoms with van der Waals surface area (Å²) in [6.45, 7) is 6.30. The van der Waals surface area contributed by atoms with E-state index in [1.807, 2.05) is 24.3 Å². The van der Waals surface area contributed by atoms with E-state index in [2.05, 4.69) is 31.1 Å². The summed E-state index contributed by atoms with van der Waals surface area (Å²) in [4.78, 5) is 14.5. The Balaban J connectivity index is 2.42. The normalized spacial score (nSPS) is 11.2. The van der Waals surface area contributed by atoms with Gasteiger partial charge in [0.2, 0.25) is 0 Å². The zero-order chi connectivity index (χ0) is 15.6. The van der Waals surface area contributed by atoms with Crippen molar-refractivity contribution in [1.82, 2.24) is 4.98 Å². The number of nitrogens with zero attached hydrogens (tertiary/aromatic N) is 2. The largest absolute Gasteiger partial charge is 0.383 e. The van der Waals surface area contributed by atoms with Crippen molar-refractivity contribution in [2.45, 2.75) is 26.2 Å². The molecule has 0 aliphatic heterocycles. The van der Waals surface area contributed by atoms with Gasteiger partial charge < -0.3 is 11.1 Å². The number of anilines is 3. The predicted molar refractivity (Wildman–Crippen MR) is 83.7 cm³/mol. The lowest BCUT2D eigenvalue weighted by Crippen LogP contribution is -2.13. The molecule has 0 spiro atoms. The van der Waals surface area contributed by atoms with Crippen LogP contribution < -0.4 is 11.1 Å². The lowest BCUT2D eigenvalue weighted by molar-refractivity contribution is -0.384. The van der Waals surface area contributed by atoms with E-state index >= 15 is 0 Å². The van der Waals surface area contributed by atoms with Crippen LogP contribution in [0.15, 0.2) is 36.4 Å². The van der Waals surface area contributed by atoms with Crippen LogP contribution in [0, 0.1) is 10.1 Å². The number of pyridine rings is 1. The highest BCUT2D eigenvalue weighted by Gasteiger charge is 2.18. The van der Waals surface area contributed by atoms with Gasteiger partial charge >= 0.3 is 0 Å². The maximum absolute atomic E-state index is 10.9. The van der Waals surface area contributed by atoms with E-state index in [0.29, 0.717) is 5.82 Å². The minimum absolute atomic E-state index is 0.0597. The van der Waals surface area contributed by atoms with Crippen molar-refractivity contribution in [2.75, 3.05) is 11.1 Å². The second-order valence-corrected chi connectivity index (χ2v) is 5.81. The van der Waals surface area contributed by atoms with Gasteiger partial charge in [0.05, 0.1) is 17.1 Å². The molecule has 1 heterocycles. The Morgan fingerprint density at radius 2 is 1.90 bits per heavy atom. The number of rotatable bonds is 3. The van der Waals surface area contributed by atoms with Crippen LogP contribution in [0.3, 0.4) is 0 Å². The summed E-state index contributed by atoms with van der Waals surface area (Å²) in [5.74, 6) is 0.471. The Kier molecular flexibility index (Phi) is 3.80. The van der Waals surface area contributed by atoms with Gasteiger partial charge in [-0.1, -0.05) is 39.0 Å². The molecule has 0 aliphatic rings. The lowest BCUT2D eigenvalue weighted by Gasteiger charge is -2.23. The van der Waals surface area contributed by atoms with Gasteiger partial charge in [-0.15, -0.1) is 0 Å². The molecule has 6 nitrogen and oxygen atoms in total. The van der Waals surface area contributed by atoms with Crippen LogP contribution in [0.5, 0.6) is 0 Å². The molecule has 0 saturated carbocycles. The molecule has 6 heteroatoms. The third-order valence-corrected chi connectivity index (χ3v) is 3.04. The maximum Gasteiger partial charge on any atom is 0.276 e. The molecule has 0 bridgehead atoms. The van der Waals surface area contributed by atoms with Gasteiger partial charge in [0.25, 0.3) is 5.69 Å². The maximum atomic E-state index is 10.9. The van der Waals surface area contributed by atoms with Crippen LogP contribution in [0.1, 0.15) is 26.3 Å². The molecule has 1 aromatic heterocycles. The lowest BCUT2D eigenvalue weighted by atomic mass is 9.86. The van der Waals surface area contributed by atoms with E-state index in [0.717, 1.165) is 11.3 Å². The SMILES string of the molecule is CC(C)(C)c1ccccc1Nc1cc([N+](=O)[O-])cc(N)n1. The van der Waals surface area contributed by atoms with Crippen LogP contribution in [0.2, 0.25) is 0 Å². The van der Waals surface area contributed by atoms with Crippen LogP contribution in [-0.4, -0.2) is 9.91 Å². The first-order valence-corrected chi connectivity index (χ1v) is 6.56. The number of hydrogen-bond donors (Lipinski definition) is 2. The summed E-state index contributed by atoms with van der Waals surface area (Å²) in [7, 11) is 0. The minimum atomic E-state index is -0.487. The molecule has 0 unspecified atom stereocenters. The highest BCUT2D eigenvalue weighted by molar-refractivity contribution is 5.65. The smallest absolute Gasteiger partial charge is 0.276 e. The van der Waals surface area contributed by atoms with Gasteiger partial charge in [-0.05, 0) is 17.0 Å². The quantitative estimate of drug-likeness (QED) is 0.664. The third kappa shape index (κ3) is 3.47. The van der Waals surface area contributed by atoms with Crippen LogP contribution in [-0.2, 0) is 5.41 Å². The molecular formula is C15H18N4O2. The first kappa shape index (κ1) is 14.8. The fourth-order valence-electron chi connectivity index (χ4n) is 2.09. The van der Waals surface area contributed by atoms with Crippen molar-refractivity contribution >= 4 is 23.0 Å². The van der Waals surface area contributed by atoms with Crippen molar-refractivity contribution in [2.24, 2.45) is 0 Å². The number of nitrogen functional groups attached to an aromatic ring is 1. The Hall–Kier alpha value is -2.63. The van der Waals surface area contributed by atoms with E-state index in [1.165, 1.54) is 12.1 Å². The van der Waals surface area contributed by atoms with Gasteiger partial charge in [0.1, 0.15) is 11.6 Å². The first-order valence-electron chi connectivity index (χ1n) is 6.56. The Bertz CT molecular complexity index is 678. The summed E-state index contributed by atoms with van der Waals surface area (Å²) in [5, 5.41) is 14.0. The molecule has 2 rings (SSSR count). The molecule has 0 amide bonds. The van der Waals surface area contributed by atoms with E-state index < -0.39 is 4.92 Å². The Labute approximate surface area is 123 Å². The number of nitrogens with one attached hydrogen (secondary N) is 1. The van der Waals surface area contributed by atoms with Crippen molar-refractivity contribution < 1.29 is 4.92 Å². The number of hydrogen-bond acceptors (Lipinski definition) is 5. The highest BCUT2D eigenvalue weighted by atomic mass is 16.6. The van der Waals surface area contributed by atoms with Gasteiger partial charge in [0, 0.05) is 5.69 Å². The predicted octanol–water partition coefficient (Wildman–Crippen LogP) is 3.61. The monoisotopic (exact) mass is 286 g/mol. The van der Waals surface area contributed by atoms with Gasteiger partial charge in [-0.2, -0.15) is 0 Å². The molecule has 3 N–H and O–H groups in total. The number of benzene rings is 1. The fraction of sp³-hybridized carbons (Fsp3) is 0.267. The van der Waals surface area contributed by atoms with Crippen molar-refractivity contribution in [3.8, 4) is 0 Å². The number of nitro groups is 1. The summed E-state index contributed by atoms with van der Waals surface area (Å²) < 4.78 is 0. The number of aromatic nitrogens is 1. The summed E-state index contributed by atoms with van der Waals surface area (Å²) in [6, 6.07) is 10.4. The minimum Gasteiger partial charge on any atom is -0.383 e. The molecule has 21 heavy (non-hydrogen) atoms. The molecule has 0 saturated heterocycles. The Morgan fingerprint density at radius 3 is 2.52 bits per heavy atom. The zero-order valence-electron chi connectivity index (χ0n) is 12.3. The highest BCUT2D eigenvalue weighted by Crippen LogP contribution is 2.31. The summed E-state index contributed by atoms with van der Waals surface area (Å²) >= 11 is 0. The molecule has 110 valence electrons.